The maximum absolute atomic E-state index is 8.25. The van der Waals surface area contributed by atoms with Crippen molar-refractivity contribution in [2.24, 2.45) is 10.2 Å². The van der Waals surface area contributed by atoms with E-state index in [9.17, 15) is 0 Å². The molecule has 0 heterocycles. The molecule has 0 aromatic heterocycles. The van der Waals surface area contributed by atoms with Crippen LogP contribution in [0.2, 0.25) is 0 Å². The van der Waals surface area contributed by atoms with Gasteiger partial charge in [0.1, 0.15) is 0 Å². The molecule has 0 N–H and O–H groups in total. The van der Waals surface area contributed by atoms with Gasteiger partial charge in [0.2, 0.25) is 0 Å². The molecule has 0 saturated heterocycles. The van der Waals surface area contributed by atoms with Gasteiger partial charge in [0, 0.05) is 11.4 Å². The average molecular weight is 647 g/mol. The summed E-state index contributed by atoms with van der Waals surface area (Å²) in [4.78, 5) is 0. The summed E-state index contributed by atoms with van der Waals surface area (Å²) >= 11 is 8.17. The molecule has 34 heavy (non-hydrogen) atoms. The third kappa shape index (κ3) is 25.0. The van der Waals surface area contributed by atoms with Crippen molar-refractivity contribution in [1.82, 2.24) is 0 Å². The number of hydrogen-bond acceptors (Lipinski definition) is 4. The van der Waals surface area contributed by atoms with Crippen molar-refractivity contribution >= 4 is 36.6 Å². The molecule has 8 heteroatoms. The number of rotatable bonds is 2. The zero-order chi connectivity index (χ0) is 24.5. The first kappa shape index (κ1) is 39.6. The quantitative estimate of drug-likeness (QED) is 0.104. The Balaban J connectivity index is -0.000000169. The first-order valence-electron chi connectivity index (χ1n) is 8.96. The topological polar surface area (TPSA) is 69.3 Å². The summed E-state index contributed by atoms with van der Waals surface area (Å²) in [6.07, 6.45) is 3.17. The van der Waals surface area contributed by atoms with Crippen LogP contribution in [0.5, 0.6) is 0 Å². The molecule has 0 saturated carbocycles. The monoisotopic (exact) mass is 650 g/mol. The Labute approximate surface area is 245 Å². The maximum atomic E-state index is 8.25. The molecule has 4 aromatic carbocycles. The summed E-state index contributed by atoms with van der Waals surface area (Å²) in [5.74, 6) is 0. The number of aryl methyl sites for hydroxylation is 2. The molecular weight excluding hydrogens is 624 g/mol. The Morgan fingerprint density at radius 3 is 0.941 bits per heavy atom. The van der Waals surface area contributed by atoms with Gasteiger partial charge in [-0.1, -0.05) is 35.4 Å². The van der Waals surface area contributed by atoms with Crippen LogP contribution in [0, 0.1) is 62.4 Å². The fourth-order valence-corrected chi connectivity index (χ4v) is 1.58. The molecule has 0 fully saturated rings. The minimum atomic E-state index is 0. The van der Waals surface area contributed by atoms with Crippen LogP contribution in [0.4, 0.5) is 11.4 Å². The van der Waals surface area contributed by atoms with Crippen molar-refractivity contribution in [1.29, 1.82) is 0 Å². The average Bonchev–Trinajstić information content (AvgIpc) is 3.63. The predicted molar refractivity (Wildman–Crippen MR) is 135 cm³/mol. The van der Waals surface area contributed by atoms with Crippen molar-refractivity contribution < 1.29 is 42.1 Å². The van der Waals surface area contributed by atoms with E-state index < -0.39 is 0 Å². The van der Waals surface area contributed by atoms with Crippen LogP contribution in [0.3, 0.4) is 0 Å². The SMILES string of the molecule is C[S-].C[S-].Cc1ccc(N=[N-])cc1.Cc1ccc(N=[N-])cc1.[Mo+3].[Mo+3].[c-]1[c-][c-][cH-][c-]1.[c-]1[c-][c-][cH-][c-]1. The summed E-state index contributed by atoms with van der Waals surface area (Å²) in [7, 11) is 0. The van der Waals surface area contributed by atoms with Gasteiger partial charge in [0.05, 0.1) is 0 Å². The van der Waals surface area contributed by atoms with Gasteiger partial charge in [0.25, 0.3) is 0 Å². The van der Waals surface area contributed by atoms with E-state index >= 15 is 0 Å². The first-order valence-corrected chi connectivity index (χ1v) is 10.6. The van der Waals surface area contributed by atoms with Crippen LogP contribution in [-0.4, -0.2) is 12.5 Å². The number of nitrogens with zero attached hydrogens (tertiary/aromatic N) is 4. The molecule has 178 valence electrons. The van der Waals surface area contributed by atoms with E-state index in [1.807, 2.05) is 38.1 Å². The van der Waals surface area contributed by atoms with Gasteiger partial charge in [-0.15, -0.1) is 0 Å². The van der Waals surface area contributed by atoms with E-state index in [0.717, 1.165) is 0 Å². The van der Waals surface area contributed by atoms with Crippen molar-refractivity contribution in [2.45, 2.75) is 13.8 Å². The van der Waals surface area contributed by atoms with Gasteiger partial charge in [0.15, 0.2) is 0 Å². The molecule has 2 radical (unpaired) electrons. The van der Waals surface area contributed by atoms with Gasteiger partial charge in [-0.3, -0.25) is 0 Å². The fourth-order valence-electron chi connectivity index (χ4n) is 1.58. The van der Waals surface area contributed by atoms with Crippen LogP contribution in [-0.2, 0) is 67.4 Å². The van der Waals surface area contributed by atoms with Crippen LogP contribution >= 0.6 is 0 Å². The third-order valence-electron chi connectivity index (χ3n) is 3.00. The molecule has 4 nitrogen and oxygen atoms in total. The van der Waals surface area contributed by atoms with Crippen LogP contribution in [0.25, 0.3) is 11.1 Å². The Morgan fingerprint density at radius 1 is 0.559 bits per heavy atom. The van der Waals surface area contributed by atoms with E-state index in [2.05, 4.69) is 84.0 Å². The van der Waals surface area contributed by atoms with Crippen LogP contribution in [0.1, 0.15) is 11.1 Å². The Kier molecular flexibility index (Phi) is 36.6. The molecule has 0 atom stereocenters. The molecule has 0 aliphatic rings. The molecule has 4 aromatic rings. The molecule has 4 rings (SSSR count). The van der Waals surface area contributed by atoms with Gasteiger partial charge in [-0.05, 0) is 38.1 Å². The van der Waals surface area contributed by atoms with Crippen LogP contribution in [0.15, 0.2) is 70.9 Å². The summed E-state index contributed by atoms with van der Waals surface area (Å²) in [6, 6.07) is 38.6. The van der Waals surface area contributed by atoms with Crippen molar-refractivity contribution in [3.63, 3.8) is 0 Å². The second kappa shape index (κ2) is 31.4. The number of benzene rings is 2. The van der Waals surface area contributed by atoms with E-state index in [4.69, 9.17) is 11.1 Å². The summed E-state index contributed by atoms with van der Waals surface area (Å²) in [6.45, 7) is 3.97. The zero-order valence-electron chi connectivity index (χ0n) is 19.2. The van der Waals surface area contributed by atoms with Gasteiger partial charge < -0.3 is 107 Å². The third-order valence-corrected chi connectivity index (χ3v) is 3.00. The Bertz CT molecular complexity index is 756. The Morgan fingerprint density at radius 2 is 0.794 bits per heavy atom. The maximum Gasteiger partial charge on any atom is 3.00 e. The zero-order valence-corrected chi connectivity index (χ0v) is 24.8. The standard InChI is InChI=1S/2C7H7N2.2C5H.2CH4S.2Mo/c2*1-6-2-4-7(9-8)5-3-6;2*1-2-4-5-3-1;2*1-2;;/h2*2-5H,1H3;2*1H;2*2H,1H3;;/q2*-1;2*-5;;;2*+3/p-2. The van der Waals surface area contributed by atoms with Gasteiger partial charge in [-0.2, -0.15) is 12.5 Å². The Hall–Kier alpha value is -1.58. The largest absolute Gasteiger partial charge is 3.00 e. The molecule has 0 spiro atoms. The normalized spacial score (nSPS) is 7.47. The summed E-state index contributed by atoms with van der Waals surface area (Å²) < 4.78 is 0. The molecular formula is C26H22Mo2N4S2-8. The molecule has 0 aliphatic carbocycles. The number of hydrogen-bond donors (Lipinski definition) is 0. The second-order valence-electron chi connectivity index (χ2n) is 5.24. The van der Waals surface area contributed by atoms with Gasteiger partial charge in [-0.25, -0.2) is 0 Å². The molecule has 0 unspecified atom stereocenters. The van der Waals surface area contributed by atoms with Crippen LogP contribution < -0.4 is 0 Å². The van der Waals surface area contributed by atoms with Crippen molar-refractivity contribution in [3.05, 3.63) is 131 Å². The molecule has 0 bridgehead atoms. The summed E-state index contributed by atoms with van der Waals surface area (Å²) in [5.41, 5.74) is 20.0. The van der Waals surface area contributed by atoms with Crippen molar-refractivity contribution in [2.75, 3.05) is 12.5 Å². The first-order chi connectivity index (χ1) is 15.7. The van der Waals surface area contributed by atoms with E-state index in [1.165, 1.54) is 11.1 Å². The minimum absolute atomic E-state index is 0. The van der Waals surface area contributed by atoms with E-state index in [0.29, 0.717) is 11.4 Å². The smallest absolute Gasteiger partial charge is 0.999 e. The van der Waals surface area contributed by atoms with E-state index in [-0.39, 0.29) is 42.1 Å². The molecule has 0 aliphatic heterocycles. The second-order valence-corrected chi connectivity index (χ2v) is 5.24. The summed E-state index contributed by atoms with van der Waals surface area (Å²) in [5, 5.41) is 6.02. The minimum Gasteiger partial charge on any atom is -0.999 e. The molecule has 0 amide bonds. The van der Waals surface area contributed by atoms with E-state index in [1.54, 1.807) is 48.9 Å². The fraction of sp³-hybridized carbons (Fsp3) is 0.154. The predicted octanol–water partition coefficient (Wildman–Crippen LogP) is 6.83. The van der Waals surface area contributed by atoms with Gasteiger partial charge >= 0.3 is 42.1 Å². The van der Waals surface area contributed by atoms with Crippen molar-refractivity contribution in [3.8, 4) is 0 Å².